The molecule has 0 aliphatic rings. The molecule has 3 N–H and O–H groups in total. The van der Waals surface area contributed by atoms with Crippen LogP contribution in [-0.4, -0.2) is 39.1 Å². The quantitative estimate of drug-likeness (QED) is 0.508. The summed E-state index contributed by atoms with van der Waals surface area (Å²) in [7, 11) is 0. The van der Waals surface area contributed by atoms with Crippen molar-refractivity contribution in [2.24, 2.45) is 0 Å². The minimum atomic E-state index is -0.195. The van der Waals surface area contributed by atoms with Crippen molar-refractivity contribution in [2.75, 3.05) is 23.6 Å². The summed E-state index contributed by atoms with van der Waals surface area (Å²) in [6.07, 6.45) is 1.89. The second-order valence-electron chi connectivity index (χ2n) is 3.10. The zero-order chi connectivity index (χ0) is 11.3. The van der Waals surface area contributed by atoms with Crippen molar-refractivity contribution in [3.63, 3.8) is 0 Å². The lowest BCUT2D eigenvalue weighted by atomic mass is 10.4. The van der Waals surface area contributed by atoms with Gasteiger partial charge in [0.15, 0.2) is 5.16 Å². The molecule has 6 nitrogen and oxygen atoms in total. The predicted molar refractivity (Wildman–Crippen MR) is 61.1 cm³/mol. The van der Waals surface area contributed by atoms with Gasteiger partial charge in [0.25, 0.3) is 0 Å². The second-order valence-corrected chi connectivity index (χ2v) is 3.88. The van der Waals surface area contributed by atoms with Gasteiger partial charge in [0.1, 0.15) is 6.73 Å². The first-order chi connectivity index (χ1) is 7.15. The van der Waals surface area contributed by atoms with Crippen molar-refractivity contribution < 1.29 is 5.11 Å². The molecule has 0 unspecified atom stereocenters. The molecule has 15 heavy (non-hydrogen) atoms. The van der Waals surface area contributed by atoms with Crippen LogP contribution in [-0.2, 0) is 0 Å². The summed E-state index contributed by atoms with van der Waals surface area (Å²) in [5, 5.41) is 15.0. The first-order valence-electron chi connectivity index (χ1n) is 4.57. The SMILES string of the molecule is CSc1nc(NCO)nc(NC(C)C)n1. The Balaban J connectivity index is 2.89. The van der Waals surface area contributed by atoms with Crippen LogP contribution in [0.1, 0.15) is 13.8 Å². The number of aliphatic hydroxyl groups excluding tert-OH is 1. The topological polar surface area (TPSA) is 83.0 Å². The van der Waals surface area contributed by atoms with Crippen molar-refractivity contribution in [1.29, 1.82) is 0 Å². The van der Waals surface area contributed by atoms with Crippen LogP contribution in [0.15, 0.2) is 5.16 Å². The third kappa shape index (κ3) is 3.88. The molecule has 0 saturated heterocycles. The number of aromatic nitrogens is 3. The molecule has 0 aromatic carbocycles. The van der Waals surface area contributed by atoms with E-state index in [1.807, 2.05) is 20.1 Å². The number of rotatable bonds is 5. The van der Waals surface area contributed by atoms with Crippen molar-refractivity contribution in [3.8, 4) is 0 Å². The van der Waals surface area contributed by atoms with E-state index in [9.17, 15) is 0 Å². The third-order valence-electron chi connectivity index (χ3n) is 1.45. The molecule has 1 aromatic heterocycles. The van der Waals surface area contributed by atoms with Gasteiger partial charge in [-0.25, -0.2) is 0 Å². The number of thioether (sulfide) groups is 1. The maximum atomic E-state index is 8.72. The molecule has 0 spiro atoms. The lowest BCUT2D eigenvalue weighted by Crippen LogP contribution is -2.15. The maximum absolute atomic E-state index is 8.72. The Hall–Kier alpha value is -1.08. The molecule has 0 aliphatic heterocycles. The highest BCUT2D eigenvalue weighted by molar-refractivity contribution is 7.98. The van der Waals surface area contributed by atoms with Gasteiger partial charge in [-0.3, -0.25) is 0 Å². The van der Waals surface area contributed by atoms with E-state index >= 15 is 0 Å². The van der Waals surface area contributed by atoms with Crippen molar-refractivity contribution >= 4 is 23.7 Å². The highest BCUT2D eigenvalue weighted by Crippen LogP contribution is 2.13. The predicted octanol–water partition coefficient (Wildman–Crippen LogP) is 0.775. The van der Waals surface area contributed by atoms with E-state index in [-0.39, 0.29) is 12.8 Å². The molecule has 0 aliphatic carbocycles. The fourth-order valence-corrected chi connectivity index (χ4v) is 1.28. The van der Waals surface area contributed by atoms with Crippen LogP contribution in [0, 0.1) is 0 Å². The molecule has 0 amide bonds. The average Bonchev–Trinajstić information content (AvgIpc) is 2.16. The molecule has 0 bridgehead atoms. The minimum absolute atomic E-state index is 0.195. The van der Waals surface area contributed by atoms with Gasteiger partial charge in [-0.05, 0) is 20.1 Å². The van der Waals surface area contributed by atoms with Gasteiger partial charge in [0.2, 0.25) is 11.9 Å². The van der Waals surface area contributed by atoms with Gasteiger partial charge in [-0.1, -0.05) is 11.8 Å². The Bertz CT molecular complexity index is 320. The molecule has 84 valence electrons. The van der Waals surface area contributed by atoms with Crippen LogP contribution < -0.4 is 10.6 Å². The number of hydrogen-bond donors (Lipinski definition) is 3. The molecule has 0 fully saturated rings. The monoisotopic (exact) mass is 229 g/mol. The number of anilines is 2. The summed E-state index contributed by atoms with van der Waals surface area (Å²) in [5.41, 5.74) is 0. The largest absolute Gasteiger partial charge is 0.376 e. The maximum Gasteiger partial charge on any atom is 0.230 e. The normalized spacial score (nSPS) is 10.5. The summed E-state index contributed by atoms with van der Waals surface area (Å²) in [5.74, 6) is 0.889. The summed E-state index contributed by atoms with van der Waals surface area (Å²) in [6, 6.07) is 0.254. The Labute approximate surface area is 92.9 Å². The average molecular weight is 229 g/mol. The van der Waals surface area contributed by atoms with Gasteiger partial charge in [0.05, 0.1) is 0 Å². The van der Waals surface area contributed by atoms with E-state index in [0.29, 0.717) is 17.1 Å². The number of nitrogens with zero attached hydrogens (tertiary/aromatic N) is 3. The number of aliphatic hydroxyl groups is 1. The lowest BCUT2D eigenvalue weighted by Gasteiger charge is -2.10. The lowest BCUT2D eigenvalue weighted by molar-refractivity contribution is 0.324. The first-order valence-corrected chi connectivity index (χ1v) is 5.79. The molecule has 1 heterocycles. The highest BCUT2D eigenvalue weighted by Gasteiger charge is 2.05. The molecule has 0 saturated carbocycles. The van der Waals surface area contributed by atoms with Gasteiger partial charge < -0.3 is 15.7 Å². The van der Waals surface area contributed by atoms with Gasteiger partial charge in [-0.15, -0.1) is 0 Å². The molecular weight excluding hydrogens is 214 g/mol. The standard InChI is InChI=1S/C8H15N5OS/c1-5(2)10-7-11-6(9-4-14)12-8(13-7)15-3/h5,14H,4H2,1-3H3,(H2,9,10,11,12,13). The Morgan fingerprint density at radius 1 is 1.27 bits per heavy atom. The summed E-state index contributed by atoms with van der Waals surface area (Å²) in [4.78, 5) is 12.4. The highest BCUT2D eigenvalue weighted by atomic mass is 32.2. The second kappa shape index (κ2) is 5.72. The summed E-state index contributed by atoms with van der Waals surface area (Å²) < 4.78 is 0. The Kier molecular flexibility index (Phi) is 4.57. The van der Waals surface area contributed by atoms with Crippen molar-refractivity contribution in [3.05, 3.63) is 0 Å². The Morgan fingerprint density at radius 3 is 2.47 bits per heavy atom. The van der Waals surface area contributed by atoms with E-state index < -0.39 is 0 Å². The summed E-state index contributed by atoms with van der Waals surface area (Å²) in [6.45, 7) is 3.81. The molecular formula is C8H15N5OS. The number of nitrogens with one attached hydrogen (secondary N) is 2. The molecule has 1 aromatic rings. The van der Waals surface area contributed by atoms with E-state index in [4.69, 9.17) is 5.11 Å². The van der Waals surface area contributed by atoms with E-state index in [1.165, 1.54) is 11.8 Å². The van der Waals surface area contributed by atoms with E-state index in [1.54, 1.807) is 0 Å². The van der Waals surface area contributed by atoms with Crippen LogP contribution >= 0.6 is 11.8 Å². The smallest absolute Gasteiger partial charge is 0.230 e. The van der Waals surface area contributed by atoms with Crippen molar-refractivity contribution in [2.45, 2.75) is 25.0 Å². The van der Waals surface area contributed by atoms with E-state index in [0.717, 1.165) is 0 Å². The van der Waals surface area contributed by atoms with Crippen LogP contribution in [0.5, 0.6) is 0 Å². The van der Waals surface area contributed by atoms with Gasteiger partial charge >= 0.3 is 0 Å². The molecule has 7 heteroatoms. The fourth-order valence-electron chi connectivity index (χ4n) is 0.920. The molecule has 0 atom stereocenters. The van der Waals surface area contributed by atoms with E-state index in [2.05, 4.69) is 25.6 Å². The molecule has 1 rings (SSSR count). The fraction of sp³-hybridized carbons (Fsp3) is 0.625. The number of hydrogen-bond acceptors (Lipinski definition) is 7. The summed E-state index contributed by atoms with van der Waals surface area (Å²) >= 11 is 1.43. The van der Waals surface area contributed by atoms with Crippen LogP contribution in [0.3, 0.4) is 0 Å². The van der Waals surface area contributed by atoms with Gasteiger partial charge in [0, 0.05) is 6.04 Å². The molecule has 0 radical (unpaired) electrons. The third-order valence-corrected chi connectivity index (χ3v) is 2.00. The van der Waals surface area contributed by atoms with Crippen LogP contribution in [0.4, 0.5) is 11.9 Å². The zero-order valence-corrected chi connectivity index (χ0v) is 9.80. The zero-order valence-electron chi connectivity index (χ0n) is 8.98. The first kappa shape index (κ1) is 12.0. The van der Waals surface area contributed by atoms with Crippen LogP contribution in [0.25, 0.3) is 0 Å². The Morgan fingerprint density at radius 2 is 1.93 bits per heavy atom. The minimum Gasteiger partial charge on any atom is -0.376 e. The van der Waals surface area contributed by atoms with Crippen molar-refractivity contribution in [1.82, 2.24) is 15.0 Å². The van der Waals surface area contributed by atoms with Gasteiger partial charge in [-0.2, -0.15) is 15.0 Å². The van der Waals surface area contributed by atoms with Crippen LogP contribution in [0.2, 0.25) is 0 Å².